The van der Waals surface area contributed by atoms with Crippen molar-refractivity contribution in [2.24, 2.45) is 0 Å². The van der Waals surface area contributed by atoms with Gasteiger partial charge in [0, 0.05) is 17.2 Å². The van der Waals surface area contributed by atoms with Gasteiger partial charge in [0.1, 0.15) is 12.8 Å². The molecular weight excluding hydrogens is 457 g/mol. The molecule has 0 radical (unpaired) electrons. The number of halogens is 2. The number of aliphatic hydroxyl groups is 1. The van der Waals surface area contributed by atoms with Gasteiger partial charge in [0.05, 0.1) is 34.5 Å². The summed E-state index contributed by atoms with van der Waals surface area (Å²) in [5.74, 6) is -0.299. The molecule has 5 aliphatic rings. The van der Waals surface area contributed by atoms with Crippen LogP contribution in [-0.2, 0) is 14.3 Å². The molecule has 1 saturated heterocycles. The zero-order chi connectivity index (χ0) is 23.1. The van der Waals surface area contributed by atoms with Gasteiger partial charge in [-0.05, 0) is 51.9 Å². The highest BCUT2D eigenvalue weighted by Crippen LogP contribution is 2.47. The Morgan fingerprint density at radius 2 is 1.94 bits per heavy atom. The van der Waals surface area contributed by atoms with Crippen molar-refractivity contribution in [2.75, 3.05) is 6.61 Å². The summed E-state index contributed by atoms with van der Waals surface area (Å²) in [6, 6.07) is -0.232. The molecule has 1 heterocycles. The molecule has 2 bridgehead atoms. The highest BCUT2D eigenvalue weighted by Gasteiger charge is 2.56. The Labute approximate surface area is 198 Å². The first kappa shape index (κ1) is 24.5. The average molecular weight is 492 g/mol. The molecule has 182 valence electrons. The average Bonchev–Trinajstić information content (AvgIpc) is 3.08. The summed E-state index contributed by atoms with van der Waals surface area (Å²) in [5.41, 5.74) is -1.11. The summed E-state index contributed by atoms with van der Waals surface area (Å²) < 4.78 is 19.4. The standard InChI is InChI=1S/C22H35ClFN3O4S/c1-12-19(25-13(2)32-12)20(30)27-21-5-7-22(8-6-21,17(28)10-21)26-18(29)11-31-14-3-4-15(23)16(24)9-14/h12-17,19,25,28H,3-11H2,1-2H3,(H,26,29)(H,27,30)/t12?,13?,14?,15?,16?,17-,19?,21?,22?/m1/s1. The van der Waals surface area contributed by atoms with Crippen LogP contribution in [0.1, 0.15) is 65.2 Å². The maximum absolute atomic E-state index is 13.8. The Hall–Kier alpha value is -0.610. The molecule has 5 rings (SSSR count). The van der Waals surface area contributed by atoms with Crippen LogP contribution in [0, 0.1) is 0 Å². The van der Waals surface area contributed by atoms with Gasteiger partial charge in [-0.25, -0.2) is 4.39 Å². The van der Waals surface area contributed by atoms with E-state index in [2.05, 4.69) is 29.8 Å². The second kappa shape index (κ2) is 9.56. The number of ether oxygens (including phenoxy) is 1. The van der Waals surface area contributed by atoms with Crippen LogP contribution in [0.25, 0.3) is 0 Å². The predicted molar refractivity (Wildman–Crippen MR) is 122 cm³/mol. The molecule has 2 amide bonds. The fraction of sp³-hybridized carbons (Fsp3) is 0.909. The van der Waals surface area contributed by atoms with Crippen LogP contribution in [0.4, 0.5) is 4.39 Å². The number of alkyl halides is 2. The van der Waals surface area contributed by atoms with Crippen molar-refractivity contribution in [1.82, 2.24) is 16.0 Å². The molecular formula is C22H35ClFN3O4S. The zero-order valence-electron chi connectivity index (χ0n) is 18.7. The molecule has 0 spiro atoms. The van der Waals surface area contributed by atoms with Crippen molar-refractivity contribution in [3.8, 4) is 0 Å². The Morgan fingerprint density at radius 1 is 1.22 bits per heavy atom. The van der Waals surface area contributed by atoms with Gasteiger partial charge < -0.3 is 20.5 Å². The number of hydrogen-bond donors (Lipinski definition) is 4. The van der Waals surface area contributed by atoms with Crippen molar-refractivity contribution in [2.45, 2.75) is 117 Å². The Kier molecular flexibility index (Phi) is 7.33. The van der Waals surface area contributed by atoms with Gasteiger partial charge in [-0.2, -0.15) is 0 Å². The smallest absolute Gasteiger partial charge is 0.246 e. The molecule has 10 heteroatoms. The lowest BCUT2D eigenvalue weighted by atomic mass is 9.59. The minimum atomic E-state index is -1.11. The maximum Gasteiger partial charge on any atom is 0.246 e. The molecule has 7 nitrogen and oxygen atoms in total. The fourth-order valence-corrected chi connectivity index (χ4v) is 7.28. The number of hydrogen-bond acceptors (Lipinski definition) is 6. The molecule has 0 aromatic carbocycles. The summed E-state index contributed by atoms with van der Waals surface area (Å²) in [5, 5.41) is 20.5. The monoisotopic (exact) mass is 491 g/mol. The number of aliphatic hydroxyl groups excluding tert-OH is 1. The summed E-state index contributed by atoms with van der Waals surface area (Å²) in [7, 11) is 0. The molecule has 0 aromatic heterocycles. The van der Waals surface area contributed by atoms with Crippen LogP contribution in [0.3, 0.4) is 0 Å². The second-order valence-corrected chi connectivity index (χ2v) is 12.4. The number of amides is 2. The second-order valence-electron chi connectivity index (χ2n) is 10.1. The van der Waals surface area contributed by atoms with Gasteiger partial charge in [0.25, 0.3) is 0 Å². The van der Waals surface area contributed by atoms with E-state index in [1.54, 1.807) is 11.8 Å². The van der Waals surface area contributed by atoms with E-state index in [9.17, 15) is 19.1 Å². The fourth-order valence-electron chi connectivity index (χ4n) is 5.82. The Morgan fingerprint density at radius 3 is 2.53 bits per heavy atom. The van der Waals surface area contributed by atoms with Crippen LogP contribution >= 0.6 is 23.4 Å². The topological polar surface area (TPSA) is 99.7 Å². The molecule has 4 aliphatic carbocycles. The maximum atomic E-state index is 13.8. The molecule has 32 heavy (non-hydrogen) atoms. The third kappa shape index (κ3) is 5.06. The number of rotatable bonds is 6. The Bertz CT molecular complexity index is 723. The molecule has 5 fully saturated rings. The lowest BCUT2D eigenvalue weighted by Crippen LogP contribution is -2.71. The van der Waals surface area contributed by atoms with Crippen molar-refractivity contribution in [3.05, 3.63) is 0 Å². The third-order valence-electron chi connectivity index (χ3n) is 7.78. The van der Waals surface area contributed by atoms with Crippen LogP contribution < -0.4 is 16.0 Å². The SMILES string of the molecule is CC1NC(C(=O)NC23CCC(NC(=O)COC4CCC(Cl)C(F)C4)(CC2)[C@H](O)C3)C(C)S1. The van der Waals surface area contributed by atoms with Gasteiger partial charge in [0.2, 0.25) is 11.8 Å². The molecule has 1 aliphatic heterocycles. The summed E-state index contributed by atoms with van der Waals surface area (Å²) in [6.07, 6.45) is 2.29. The van der Waals surface area contributed by atoms with E-state index in [1.807, 2.05) is 0 Å². The number of carbonyl (C=O) groups excluding carboxylic acids is 2. The van der Waals surface area contributed by atoms with E-state index in [4.69, 9.17) is 16.3 Å². The first-order valence-corrected chi connectivity index (χ1v) is 13.1. The van der Waals surface area contributed by atoms with Crippen molar-refractivity contribution in [1.29, 1.82) is 0 Å². The van der Waals surface area contributed by atoms with E-state index in [0.717, 1.165) is 0 Å². The van der Waals surface area contributed by atoms with Gasteiger partial charge in [-0.15, -0.1) is 23.4 Å². The largest absolute Gasteiger partial charge is 0.391 e. The number of carbonyl (C=O) groups is 2. The van der Waals surface area contributed by atoms with Crippen LogP contribution in [-0.4, -0.2) is 75.0 Å². The van der Waals surface area contributed by atoms with Crippen LogP contribution in [0.15, 0.2) is 0 Å². The number of nitrogens with one attached hydrogen (secondary N) is 3. The summed E-state index contributed by atoms with van der Waals surface area (Å²) in [4.78, 5) is 25.5. The van der Waals surface area contributed by atoms with Gasteiger partial charge in [0.15, 0.2) is 0 Å². The quantitative estimate of drug-likeness (QED) is 0.424. The number of fused-ring (bicyclic) bond motifs is 3. The van der Waals surface area contributed by atoms with E-state index in [0.29, 0.717) is 44.9 Å². The molecule has 6 unspecified atom stereocenters. The number of thioether (sulfide) groups is 1. The summed E-state index contributed by atoms with van der Waals surface area (Å²) in [6.45, 7) is 3.95. The minimum Gasteiger partial charge on any atom is -0.391 e. The Balaban J connectivity index is 1.28. The lowest BCUT2D eigenvalue weighted by Gasteiger charge is -2.56. The van der Waals surface area contributed by atoms with E-state index >= 15 is 0 Å². The highest BCUT2D eigenvalue weighted by atomic mass is 35.5. The van der Waals surface area contributed by atoms with Crippen molar-refractivity contribution >= 4 is 35.2 Å². The van der Waals surface area contributed by atoms with E-state index < -0.39 is 28.7 Å². The minimum absolute atomic E-state index is 0.00813. The first-order chi connectivity index (χ1) is 15.1. The van der Waals surface area contributed by atoms with Crippen LogP contribution in [0.5, 0.6) is 0 Å². The normalized spacial score (nSPS) is 46.1. The highest BCUT2D eigenvalue weighted by molar-refractivity contribution is 8.00. The molecule has 4 saturated carbocycles. The van der Waals surface area contributed by atoms with Gasteiger partial charge in [-0.3, -0.25) is 14.9 Å². The van der Waals surface area contributed by atoms with Gasteiger partial charge in [-0.1, -0.05) is 6.92 Å². The van der Waals surface area contributed by atoms with Gasteiger partial charge >= 0.3 is 0 Å². The van der Waals surface area contributed by atoms with Crippen molar-refractivity contribution < 1.29 is 23.8 Å². The predicted octanol–water partition coefficient (Wildman–Crippen LogP) is 1.99. The zero-order valence-corrected chi connectivity index (χ0v) is 20.3. The van der Waals surface area contributed by atoms with E-state index in [1.165, 1.54) is 0 Å². The first-order valence-electron chi connectivity index (χ1n) is 11.7. The summed E-state index contributed by atoms with van der Waals surface area (Å²) >= 11 is 7.66. The lowest BCUT2D eigenvalue weighted by molar-refractivity contribution is -0.140. The molecule has 7 atom stereocenters. The molecule has 4 N–H and O–H groups in total. The van der Waals surface area contributed by atoms with E-state index in [-0.39, 0.29) is 47.6 Å². The van der Waals surface area contributed by atoms with Crippen molar-refractivity contribution in [3.63, 3.8) is 0 Å². The van der Waals surface area contributed by atoms with Crippen LogP contribution in [0.2, 0.25) is 0 Å². The molecule has 0 aromatic rings. The third-order valence-corrected chi connectivity index (χ3v) is 9.52.